The second kappa shape index (κ2) is 5.96. The number of ether oxygens (including phenoxy) is 1. The summed E-state index contributed by atoms with van der Waals surface area (Å²) < 4.78 is 5.04. The molecule has 3 rings (SSSR count). The van der Waals surface area contributed by atoms with Crippen molar-refractivity contribution in [2.45, 2.75) is 25.4 Å². The van der Waals surface area contributed by atoms with Crippen LogP contribution in [-0.4, -0.2) is 54.4 Å². The van der Waals surface area contributed by atoms with Gasteiger partial charge in [0.1, 0.15) is 6.10 Å². The van der Waals surface area contributed by atoms with Crippen LogP contribution in [0.4, 0.5) is 10.5 Å². The predicted molar refractivity (Wildman–Crippen MR) is 80.8 cm³/mol. The van der Waals surface area contributed by atoms with E-state index in [0.29, 0.717) is 12.5 Å². The Morgan fingerprint density at radius 3 is 2.59 bits per heavy atom. The van der Waals surface area contributed by atoms with Crippen molar-refractivity contribution in [3.8, 4) is 0 Å². The SMILES string of the molecule is CC(=O)N1CCC(c2ccc(N3C[C@H](CO)OC3=O)cc2)C1. The molecule has 118 valence electrons. The summed E-state index contributed by atoms with van der Waals surface area (Å²) in [7, 11) is 0. The Bertz CT molecular complexity index is 572. The number of benzene rings is 1. The number of carbonyl (C=O) groups is 2. The largest absolute Gasteiger partial charge is 0.441 e. The Hall–Kier alpha value is -2.08. The molecule has 2 heterocycles. The van der Waals surface area contributed by atoms with Gasteiger partial charge in [0.05, 0.1) is 13.2 Å². The summed E-state index contributed by atoms with van der Waals surface area (Å²) in [4.78, 5) is 26.5. The van der Waals surface area contributed by atoms with Crippen LogP contribution < -0.4 is 4.90 Å². The van der Waals surface area contributed by atoms with E-state index in [-0.39, 0.29) is 12.5 Å². The van der Waals surface area contributed by atoms with Crippen LogP contribution in [-0.2, 0) is 9.53 Å². The van der Waals surface area contributed by atoms with Crippen LogP contribution in [0.25, 0.3) is 0 Å². The van der Waals surface area contributed by atoms with Gasteiger partial charge in [-0.05, 0) is 24.1 Å². The third-order valence-electron chi connectivity index (χ3n) is 4.39. The number of carbonyl (C=O) groups excluding carboxylic acids is 2. The van der Waals surface area contributed by atoms with Gasteiger partial charge in [-0.2, -0.15) is 0 Å². The molecule has 1 unspecified atom stereocenters. The van der Waals surface area contributed by atoms with Crippen LogP contribution in [0.1, 0.15) is 24.8 Å². The molecule has 1 aromatic carbocycles. The monoisotopic (exact) mass is 304 g/mol. The van der Waals surface area contributed by atoms with Gasteiger partial charge in [0, 0.05) is 31.6 Å². The van der Waals surface area contributed by atoms with E-state index in [1.54, 1.807) is 6.92 Å². The zero-order valence-electron chi connectivity index (χ0n) is 12.6. The van der Waals surface area contributed by atoms with E-state index in [4.69, 9.17) is 9.84 Å². The smallest absolute Gasteiger partial charge is 0.414 e. The molecule has 0 spiro atoms. The van der Waals surface area contributed by atoms with Crippen LogP contribution in [0.2, 0.25) is 0 Å². The lowest BCUT2D eigenvalue weighted by molar-refractivity contribution is -0.127. The second-order valence-corrected chi connectivity index (χ2v) is 5.84. The molecule has 0 aromatic heterocycles. The van der Waals surface area contributed by atoms with Crippen molar-refractivity contribution in [1.29, 1.82) is 0 Å². The molecule has 2 atom stereocenters. The van der Waals surface area contributed by atoms with Crippen LogP contribution >= 0.6 is 0 Å². The van der Waals surface area contributed by atoms with Crippen molar-refractivity contribution in [3.05, 3.63) is 29.8 Å². The summed E-state index contributed by atoms with van der Waals surface area (Å²) in [5, 5.41) is 9.07. The lowest BCUT2D eigenvalue weighted by Crippen LogP contribution is -2.26. The number of hydrogen-bond donors (Lipinski definition) is 1. The zero-order chi connectivity index (χ0) is 15.7. The molecule has 0 radical (unpaired) electrons. The number of likely N-dealkylation sites (tertiary alicyclic amines) is 1. The van der Waals surface area contributed by atoms with Crippen molar-refractivity contribution in [2.75, 3.05) is 31.1 Å². The number of amides is 2. The normalized spacial score (nSPS) is 24.7. The van der Waals surface area contributed by atoms with Gasteiger partial charge in [-0.25, -0.2) is 4.79 Å². The summed E-state index contributed by atoms with van der Waals surface area (Å²) >= 11 is 0. The van der Waals surface area contributed by atoms with Crippen molar-refractivity contribution in [1.82, 2.24) is 4.90 Å². The van der Waals surface area contributed by atoms with Gasteiger partial charge in [-0.15, -0.1) is 0 Å². The number of cyclic esters (lactones) is 1. The zero-order valence-corrected chi connectivity index (χ0v) is 12.6. The van der Waals surface area contributed by atoms with Crippen LogP contribution in [0.15, 0.2) is 24.3 Å². The Labute approximate surface area is 129 Å². The highest BCUT2D eigenvalue weighted by Gasteiger charge is 2.32. The van der Waals surface area contributed by atoms with E-state index >= 15 is 0 Å². The predicted octanol–water partition coefficient (Wildman–Crippen LogP) is 1.34. The first-order valence-corrected chi connectivity index (χ1v) is 7.53. The van der Waals surface area contributed by atoms with Crippen LogP contribution in [0.5, 0.6) is 0 Å². The lowest BCUT2D eigenvalue weighted by Gasteiger charge is -2.16. The van der Waals surface area contributed by atoms with Gasteiger partial charge in [0.2, 0.25) is 5.91 Å². The number of aliphatic hydroxyl groups is 1. The summed E-state index contributed by atoms with van der Waals surface area (Å²) in [5.74, 6) is 0.475. The van der Waals surface area contributed by atoms with Gasteiger partial charge in [0.15, 0.2) is 0 Å². The summed E-state index contributed by atoms with van der Waals surface area (Å²) in [6, 6.07) is 7.80. The minimum atomic E-state index is -0.453. The summed E-state index contributed by atoms with van der Waals surface area (Å²) in [6.45, 7) is 3.37. The van der Waals surface area contributed by atoms with Gasteiger partial charge in [-0.1, -0.05) is 12.1 Å². The molecule has 0 bridgehead atoms. The summed E-state index contributed by atoms with van der Waals surface area (Å²) in [6.07, 6.45) is 0.0960. The van der Waals surface area contributed by atoms with E-state index in [1.165, 1.54) is 10.5 Å². The molecule has 2 aliphatic rings. The number of aliphatic hydroxyl groups excluding tert-OH is 1. The first kappa shape index (κ1) is 14.8. The molecule has 0 aliphatic carbocycles. The molecular weight excluding hydrogens is 284 g/mol. The maximum Gasteiger partial charge on any atom is 0.414 e. The Morgan fingerprint density at radius 1 is 1.32 bits per heavy atom. The van der Waals surface area contributed by atoms with E-state index in [1.807, 2.05) is 29.2 Å². The molecule has 6 nitrogen and oxygen atoms in total. The van der Waals surface area contributed by atoms with Gasteiger partial charge in [-0.3, -0.25) is 9.69 Å². The average molecular weight is 304 g/mol. The Balaban J connectivity index is 1.69. The van der Waals surface area contributed by atoms with Crippen molar-refractivity contribution >= 4 is 17.7 Å². The number of hydrogen-bond acceptors (Lipinski definition) is 4. The molecule has 1 N–H and O–H groups in total. The molecule has 0 saturated carbocycles. The van der Waals surface area contributed by atoms with E-state index < -0.39 is 12.2 Å². The van der Waals surface area contributed by atoms with Gasteiger partial charge >= 0.3 is 6.09 Å². The first-order chi connectivity index (χ1) is 10.6. The maximum absolute atomic E-state index is 11.8. The number of nitrogens with zero attached hydrogens (tertiary/aromatic N) is 2. The molecule has 22 heavy (non-hydrogen) atoms. The third kappa shape index (κ3) is 2.78. The third-order valence-corrected chi connectivity index (χ3v) is 4.39. The fourth-order valence-electron chi connectivity index (χ4n) is 3.07. The van der Waals surface area contributed by atoms with Crippen molar-refractivity contribution in [2.24, 2.45) is 0 Å². The van der Waals surface area contributed by atoms with Gasteiger partial charge in [0.25, 0.3) is 0 Å². The highest BCUT2D eigenvalue weighted by Crippen LogP contribution is 2.29. The molecule has 2 saturated heterocycles. The van der Waals surface area contributed by atoms with Gasteiger partial charge < -0.3 is 14.7 Å². The number of rotatable bonds is 3. The fraction of sp³-hybridized carbons (Fsp3) is 0.500. The average Bonchev–Trinajstić information content (AvgIpc) is 3.14. The fourth-order valence-corrected chi connectivity index (χ4v) is 3.07. The summed E-state index contributed by atoms with van der Waals surface area (Å²) in [5.41, 5.74) is 1.95. The highest BCUT2D eigenvalue weighted by molar-refractivity contribution is 5.89. The van der Waals surface area contributed by atoms with E-state index in [0.717, 1.165) is 25.2 Å². The van der Waals surface area contributed by atoms with Crippen molar-refractivity contribution < 1.29 is 19.4 Å². The Kier molecular flexibility index (Phi) is 4.02. The maximum atomic E-state index is 11.8. The Morgan fingerprint density at radius 2 is 2.05 bits per heavy atom. The standard InChI is InChI=1S/C16H20N2O4/c1-11(20)17-7-6-13(8-17)12-2-4-14(5-3-12)18-9-15(10-19)22-16(18)21/h2-5,13,15,19H,6-10H2,1H3/t13?,15-/m1/s1. The minimum absolute atomic E-state index is 0.119. The molecule has 2 fully saturated rings. The topological polar surface area (TPSA) is 70.1 Å². The molecular formula is C16H20N2O4. The quantitative estimate of drug-likeness (QED) is 0.915. The first-order valence-electron chi connectivity index (χ1n) is 7.53. The van der Waals surface area contributed by atoms with E-state index in [2.05, 4.69) is 0 Å². The van der Waals surface area contributed by atoms with Crippen LogP contribution in [0.3, 0.4) is 0 Å². The lowest BCUT2D eigenvalue weighted by atomic mass is 9.98. The number of anilines is 1. The minimum Gasteiger partial charge on any atom is -0.441 e. The molecule has 6 heteroatoms. The van der Waals surface area contributed by atoms with E-state index in [9.17, 15) is 9.59 Å². The van der Waals surface area contributed by atoms with Crippen LogP contribution in [0, 0.1) is 0 Å². The van der Waals surface area contributed by atoms with Crippen molar-refractivity contribution in [3.63, 3.8) is 0 Å². The molecule has 1 aromatic rings. The second-order valence-electron chi connectivity index (χ2n) is 5.84. The molecule has 2 amide bonds. The highest BCUT2D eigenvalue weighted by atomic mass is 16.6. The molecule has 2 aliphatic heterocycles.